The molecule has 3 fully saturated rings. The van der Waals surface area contributed by atoms with Crippen molar-refractivity contribution in [2.24, 2.45) is 5.92 Å². The van der Waals surface area contributed by atoms with Crippen LogP contribution in [0.2, 0.25) is 0 Å². The number of ether oxygens (including phenoxy) is 1. The van der Waals surface area contributed by atoms with Gasteiger partial charge < -0.3 is 19.9 Å². The van der Waals surface area contributed by atoms with Gasteiger partial charge in [-0.15, -0.1) is 0 Å². The van der Waals surface area contributed by atoms with Crippen LogP contribution in [0.5, 0.6) is 0 Å². The SMILES string of the molecule is CC1(C)OCCn2c1nc1c(N3CC4CC3C4)nc(-c3cnc(N)cn3)nc12. The molecule has 2 N–H and O–H groups in total. The molecular formula is C19H22N8O. The first-order chi connectivity index (χ1) is 13.5. The van der Waals surface area contributed by atoms with Gasteiger partial charge in [0.05, 0.1) is 19.0 Å². The predicted octanol–water partition coefficient (Wildman–Crippen LogP) is 1.73. The molecule has 0 amide bonds. The van der Waals surface area contributed by atoms with Crippen LogP contribution in [0.4, 0.5) is 11.6 Å². The number of nitrogen functional groups attached to an aromatic ring is 1. The van der Waals surface area contributed by atoms with Crippen molar-refractivity contribution < 1.29 is 4.74 Å². The van der Waals surface area contributed by atoms with Gasteiger partial charge in [-0.25, -0.2) is 24.9 Å². The lowest BCUT2D eigenvalue weighted by Crippen LogP contribution is -2.33. The van der Waals surface area contributed by atoms with Crippen LogP contribution in [0.3, 0.4) is 0 Å². The maximum absolute atomic E-state index is 5.96. The maximum Gasteiger partial charge on any atom is 0.184 e. The fraction of sp³-hybridized carbons (Fsp3) is 0.526. The predicted molar refractivity (Wildman–Crippen MR) is 104 cm³/mol. The van der Waals surface area contributed by atoms with E-state index in [9.17, 15) is 0 Å². The van der Waals surface area contributed by atoms with Gasteiger partial charge in [0.2, 0.25) is 0 Å². The van der Waals surface area contributed by atoms with Crippen LogP contribution >= 0.6 is 0 Å². The van der Waals surface area contributed by atoms with Gasteiger partial charge in [0.25, 0.3) is 0 Å². The molecule has 4 aliphatic rings. The Morgan fingerprint density at radius 2 is 2.00 bits per heavy atom. The Morgan fingerprint density at radius 3 is 2.71 bits per heavy atom. The van der Waals surface area contributed by atoms with E-state index in [1.54, 1.807) is 6.20 Å². The van der Waals surface area contributed by atoms with E-state index in [0.29, 0.717) is 30.0 Å². The molecule has 3 aliphatic heterocycles. The lowest BCUT2D eigenvalue weighted by molar-refractivity contribution is -0.0530. The summed E-state index contributed by atoms with van der Waals surface area (Å²) in [6.07, 6.45) is 5.65. The van der Waals surface area contributed by atoms with E-state index in [0.717, 1.165) is 41.8 Å². The standard InChI is InChI=1S/C19H22N8O/c1-19(2)18-23-14-16(26(18)3-4-28-19)24-15(12-7-22-13(20)8-21-12)25-17(14)27-9-10-5-11(27)6-10/h7-8,10-11H,3-6,9H2,1-2H3,(H2,20,22). The molecule has 1 saturated carbocycles. The summed E-state index contributed by atoms with van der Waals surface area (Å²) in [5.74, 6) is 3.52. The van der Waals surface area contributed by atoms with Gasteiger partial charge in [-0.1, -0.05) is 0 Å². The summed E-state index contributed by atoms with van der Waals surface area (Å²) < 4.78 is 8.13. The van der Waals surface area contributed by atoms with Crippen molar-refractivity contribution in [3.05, 3.63) is 18.2 Å². The molecular weight excluding hydrogens is 356 g/mol. The van der Waals surface area contributed by atoms with Crippen molar-refractivity contribution in [1.29, 1.82) is 0 Å². The smallest absolute Gasteiger partial charge is 0.184 e. The van der Waals surface area contributed by atoms with Crippen LogP contribution in [-0.4, -0.2) is 48.7 Å². The van der Waals surface area contributed by atoms with Crippen molar-refractivity contribution in [3.63, 3.8) is 0 Å². The number of nitrogens with zero attached hydrogens (tertiary/aromatic N) is 7. The van der Waals surface area contributed by atoms with Crippen LogP contribution < -0.4 is 10.6 Å². The van der Waals surface area contributed by atoms with Crippen LogP contribution in [-0.2, 0) is 16.9 Å². The van der Waals surface area contributed by atoms with Crippen molar-refractivity contribution in [1.82, 2.24) is 29.5 Å². The summed E-state index contributed by atoms with van der Waals surface area (Å²) >= 11 is 0. The van der Waals surface area contributed by atoms with Crippen LogP contribution in [0.25, 0.3) is 22.7 Å². The highest BCUT2D eigenvalue weighted by atomic mass is 16.5. The summed E-state index contributed by atoms with van der Waals surface area (Å²) in [6.45, 7) is 6.50. The average molecular weight is 378 g/mol. The van der Waals surface area contributed by atoms with Gasteiger partial charge in [0.1, 0.15) is 22.9 Å². The van der Waals surface area contributed by atoms with E-state index in [1.807, 2.05) is 0 Å². The molecule has 0 aromatic carbocycles. The monoisotopic (exact) mass is 378 g/mol. The molecule has 28 heavy (non-hydrogen) atoms. The van der Waals surface area contributed by atoms with E-state index < -0.39 is 5.60 Å². The van der Waals surface area contributed by atoms with E-state index >= 15 is 0 Å². The van der Waals surface area contributed by atoms with Gasteiger partial charge >= 0.3 is 0 Å². The van der Waals surface area contributed by atoms with Gasteiger partial charge in [-0.2, -0.15) is 0 Å². The topological polar surface area (TPSA) is 108 Å². The summed E-state index contributed by atoms with van der Waals surface area (Å²) in [4.78, 5) is 25.7. The van der Waals surface area contributed by atoms with Crippen molar-refractivity contribution in [3.8, 4) is 11.5 Å². The third-order valence-electron chi connectivity index (χ3n) is 6.17. The minimum absolute atomic E-state index is 0.381. The fourth-order valence-electron chi connectivity index (χ4n) is 4.67. The van der Waals surface area contributed by atoms with Crippen LogP contribution in [0, 0.1) is 5.92 Å². The molecule has 144 valence electrons. The quantitative estimate of drug-likeness (QED) is 0.718. The first-order valence-corrected chi connectivity index (χ1v) is 9.77. The molecule has 0 unspecified atom stereocenters. The number of nitrogens with two attached hydrogens (primary N) is 1. The van der Waals surface area contributed by atoms with E-state index in [1.165, 1.54) is 19.0 Å². The summed E-state index contributed by atoms with van der Waals surface area (Å²) in [6, 6.07) is 0.552. The zero-order valence-electron chi connectivity index (χ0n) is 16.0. The average Bonchev–Trinajstić information content (AvgIpc) is 3.33. The highest BCUT2D eigenvalue weighted by Gasteiger charge is 2.45. The molecule has 0 radical (unpaired) electrons. The number of imidazole rings is 1. The molecule has 6 heterocycles. The second-order valence-corrected chi connectivity index (χ2v) is 8.46. The molecule has 3 aromatic rings. The second kappa shape index (κ2) is 5.38. The number of hydrogen-bond donors (Lipinski definition) is 1. The Bertz CT molecular complexity index is 1080. The highest BCUT2D eigenvalue weighted by Crippen LogP contribution is 2.45. The van der Waals surface area contributed by atoms with Gasteiger partial charge in [0, 0.05) is 19.1 Å². The lowest BCUT2D eigenvalue weighted by Gasteiger charge is -2.30. The van der Waals surface area contributed by atoms with Crippen molar-refractivity contribution >= 4 is 22.8 Å². The Hall–Kier alpha value is -2.81. The molecule has 2 saturated heterocycles. The summed E-state index contributed by atoms with van der Waals surface area (Å²) in [7, 11) is 0. The van der Waals surface area contributed by atoms with Gasteiger partial charge in [0.15, 0.2) is 22.8 Å². The normalized spacial score (nSPS) is 25.0. The molecule has 2 bridgehead atoms. The Kier molecular flexibility index (Phi) is 3.11. The third-order valence-corrected chi connectivity index (χ3v) is 6.17. The largest absolute Gasteiger partial charge is 0.382 e. The summed E-state index contributed by atoms with van der Waals surface area (Å²) in [5.41, 5.74) is 7.56. The first-order valence-electron chi connectivity index (χ1n) is 9.77. The highest BCUT2D eigenvalue weighted by molar-refractivity contribution is 5.86. The van der Waals surface area contributed by atoms with Crippen LogP contribution in [0.15, 0.2) is 12.4 Å². The maximum atomic E-state index is 5.96. The second-order valence-electron chi connectivity index (χ2n) is 8.46. The minimum Gasteiger partial charge on any atom is -0.382 e. The van der Waals surface area contributed by atoms with Gasteiger partial charge in [-0.05, 0) is 32.6 Å². The number of rotatable bonds is 2. The van der Waals surface area contributed by atoms with E-state index in [4.69, 9.17) is 25.4 Å². The molecule has 9 heteroatoms. The molecule has 1 aliphatic carbocycles. The van der Waals surface area contributed by atoms with Crippen LogP contribution in [0.1, 0.15) is 32.5 Å². The summed E-state index contributed by atoms with van der Waals surface area (Å²) in [5, 5.41) is 0. The zero-order valence-corrected chi connectivity index (χ0v) is 16.0. The Balaban J connectivity index is 1.60. The van der Waals surface area contributed by atoms with Gasteiger partial charge in [-0.3, -0.25) is 0 Å². The van der Waals surface area contributed by atoms with Crippen molar-refractivity contribution in [2.45, 2.75) is 44.9 Å². The number of anilines is 2. The van der Waals surface area contributed by atoms with Crippen molar-refractivity contribution in [2.75, 3.05) is 23.8 Å². The number of aromatic nitrogens is 6. The first kappa shape index (κ1) is 16.2. The lowest BCUT2D eigenvalue weighted by atomic mass is 9.86. The molecule has 7 rings (SSSR count). The number of fused-ring (bicyclic) bond motifs is 4. The van der Waals surface area contributed by atoms with E-state index in [-0.39, 0.29) is 0 Å². The molecule has 0 atom stereocenters. The minimum atomic E-state index is -0.454. The third kappa shape index (κ3) is 2.19. The Morgan fingerprint density at radius 1 is 1.14 bits per heavy atom. The van der Waals surface area contributed by atoms with E-state index in [2.05, 4.69) is 33.3 Å². The number of hydrogen-bond acceptors (Lipinski definition) is 8. The molecule has 0 spiro atoms. The fourth-order valence-corrected chi connectivity index (χ4v) is 4.67. The zero-order chi connectivity index (χ0) is 19.0. The Labute approximate surface area is 162 Å². The molecule has 9 nitrogen and oxygen atoms in total. The molecule has 3 aromatic heterocycles.